The molecule has 0 aliphatic heterocycles. The van der Waals surface area contributed by atoms with Crippen LogP contribution in [0.2, 0.25) is 0 Å². The number of fused-ring (bicyclic) bond motifs is 1. The second-order valence-electron chi connectivity index (χ2n) is 7.20. The van der Waals surface area contributed by atoms with Crippen LogP contribution in [0.4, 0.5) is 23.2 Å². The Hall–Kier alpha value is -3.87. The standard InChI is InChI=1S/C22H16F4N4O2/c23-14-4-7-16(8-5-14)30-18-3-1-2-17(18)20(29-30)21(31)28-15-6-9-19(13(10-15)11-27)32-12-22(24,25)26/h4-10H,1-3,12H2,(H,28,31). The predicted molar refractivity (Wildman–Crippen MR) is 106 cm³/mol. The van der Waals surface area contributed by atoms with Gasteiger partial charge in [0.1, 0.15) is 17.6 Å². The molecular formula is C22H16F4N4O2. The van der Waals surface area contributed by atoms with Crippen LogP contribution in [0.5, 0.6) is 5.75 Å². The largest absolute Gasteiger partial charge is 0.483 e. The van der Waals surface area contributed by atoms with Crippen molar-refractivity contribution in [2.45, 2.75) is 25.4 Å². The molecule has 4 rings (SSSR count). The number of halogens is 4. The number of ether oxygens (including phenoxy) is 1. The maximum atomic E-state index is 13.3. The number of carbonyl (C=O) groups is 1. The molecule has 1 aromatic heterocycles. The Labute approximate surface area is 180 Å². The summed E-state index contributed by atoms with van der Waals surface area (Å²) in [5.41, 5.74) is 2.57. The summed E-state index contributed by atoms with van der Waals surface area (Å²) in [7, 11) is 0. The summed E-state index contributed by atoms with van der Waals surface area (Å²) < 4.78 is 56.7. The Kier molecular flexibility index (Phi) is 5.57. The number of rotatable bonds is 5. The Balaban J connectivity index is 1.58. The molecule has 0 unspecified atom stereocenters. The number of hydrogen-bond donors (Lipinski definition) is 1. The van der Waals surface area contributed by atoms with Crippen molar-refractivity contribution in [3.05, 3.63) is 70.8 Å². The van der Waals surface area contributed by atoms with Gasteiger partial charge in [-0.25, -0.2) is 9.07 Å². The van der Waals surface area contributed by atoms with Crippen LogP contribution < -0.4 is 10.1 Å². The molecular weight excluding hydrogens is 428 g/mol. The average Bonchev–Trinajstić information content (AvgIpc) is 3.35. The molecule has 32 heavy (non-hydrogen) atoms. The first-order valence-corrected chi connectivity index (χ1v) is 9.67. The summed E-state index contributed by atoms with van der Waals surface area (Å²) in [6.07, 6.45) is -2.31. The van der Waals surface area contributed by atoms with Gasteiger partial charge in [-0.1, -0.05) is 0 Å². The van der Waals surface area contributed by atoms with Crippen LogP contribution in [0.1, 0.15) is 33.7 Å². The summed E-state index contributed by atoms with van der Waals surface area (Å²) >= 11 is 0. The zero-order valence-electron chi connectivity index (χ0n) is 16.5. The molecule has 1 aliphatic carbocycles. The number of hydrogen-bond acceptors (Lipinski definition) is 4. The number of nitrogens with one attached hydrogen (secondary N) is 1. The highest BCUT2D eigenvalue weighted by Crippen LogP contribution is 2.29. The van der Waals surface area contributed by atoms with E-state index >= 15 is 0 Å². The first kappa shape index (κ1) is 21.4. The van der Waals surface area contributed by atoms with Gasteiger partial charge in [-0.15, -0.1) is 0 Å². The van der Waals surface area contributed by atoms with Crippen molar-refractivity contribution in [1.82, 2.24) is 9.78 Å². The number of nitrogens with zero attached hydrogens (tertiary/aromatic N) is 3. The van der Waals surface area contributed by atoms with Crippen molar-refractivity contribution in [3.8, 4) is 17.5 Å². The third-order valence-corrected chi connectivity index (χ3v) is 4.97. The first-order chi connectivity index (χ1) is 15.2. The van der Waals surface area contributed by atoms with E-state index in [1.165, 1.54) is 30.3 Å². The maximum absolute atomic E-state index is 13.3. The molecule has 0 saturated heterocycles. The zero-order valence-corrected chi connectivity index (χ0v) is 16.5. The Bertz CT molecular complexity index is 1210. The van der Waals surface area contributed by atoms with Crippen LogP contribution >= 0.6 is 0 Å². The fourth-order valence-electron chi connectivity index (χ4n) is 3.59. The van der Waals surface area contributed by atoms with Gasteiger partial charge in [0.15, 0.2) is 12.3 Å². The van der Waals surface area contributed by atoms with Crippen molar-refractivity contribution in [1.29, 1.82) is 5.26 Å². The quantitative estimate of drug-likeness (QED) is 0.585. The zero-order chi connectivity index (χ0) is 22.9. The second-order valence-corrected chi connectivity index (χ2v) is 7.20. The molecule has 0 bridgehead atoms. The average molecular weight is 444 g/mol. The van der Waals surface area contributed by atoms with E-state index in [1.54, 1.807) is 22.9 Å². The lowest BCUT2D eigenvalue weighted by atomic mass is 10.1. The van der Waals surface area contributed by atoms with Crippen LogP contribution in [-0.4, -0.2) is 28.5 Å². The van der Waals surface area contributed by atoms with E-state index < -0.39 is 18.7 Å². The number of alkyl halides is 3. The number of nitriles is 1. The first-order valence-electron chi connectivity index (χ1n) is 9.67. The van der Waals surface area contributed by atoms with E-state index in [1.807, 2.05) is 0 Å². The summed E-state index contributed by atoms with van der Waals surface area (Å²) in [5.74, 6) is -1.13. The molecule has 0 radical (unpaired) electrons. The van der Waals surface area contributed by atoms with Gasteiger partial charge in [0.25, 0.3) is 5.91 Å². The van der Waals surface area contributed by atoms with Gasteiger partial charge in [-0.3, -0.25) is 4.79 Å². The van der Waals surface area contributed by atoms with E-state index in [0.29, 0.717) is 12.1 Å². The molecule has 2 aromatic carbocycles. The van der Waals surface area contributed by atoms with Crippen LogP contribution in [0.25, 0.3) is 5.69 Å². The minimum absolute atomic E-state index is 0.144. The second kappa shape index (κ2) is 8.34. The summed E-state index contributed by atoms with van der Waals surface area (Å²) in [6.45, 7) is -1.53. The summed E-state index contributed by atoms with van der Waals surface area (Å²) in [4.78, 5) is 12.9. The highest BCUT2D eigenvalue weighted by molar-refractivity contribution is 6.04. The number of amides is 1. The van der Waals surface area contributed by atoms with Crippen LogP contribution in [-0.2, 0) is 12.8 Å². The molecule has 3 aromatic rings. The Morgan fingerprint density at radius 1 is 1.19 bits per heavy atom. The normalized spacial score (nSPS) is 12.8. The molecule has 0 saturated carbocycles. The third kappa shape index (κ3) is 4.42. The smallest absolute Gasteiger partial charge is 0.422 e. The molecule has 0 fully saturated rings. The number of benzene rings is 2. The lowest BCUT2D eigenvalue weighted by Gasteiger charge is -2.11. The van der Waals surface area contributed by atoms with Gasteiger partial charge in [0, 0.05) is 16.9 Å². The van der Waals surface area contributed by atoms with Crippen molar-refractivity contribution in [2.24, 2.45) is 0 Å². The summed E-state index contributed by atoms with van der Waals surface area (Å²) in [6, 6.07) is 11.3. The van der Waals surface area contributed by atoms with E-state index in [2.05, 4.69) is 15.2 Å². The number of carbonyl (C=O) groups excluding carboxylic acids is 1. The van der Waals surface area contributed by atoms with E-state index in [4.69, 9.17) is 0 Å². The van der Waals surface area contributed by atoms with E-state index in [9.17, 15) is 27.6 Å². The molecule has 1 aliphatic rings. The van der Waals surface area contributed by atoms with Gasteiger partial charge >= 0.3 is 6.18 Å². The highest BCUT2D eigenvalue weighted by Gasteiger charge is 2.29. The monoisotopic (exact) mass is 444 g/mol. The van der Waals surface area contributed by atoms with Crippen LogP contribution in [0.3, 0.4) is 0 Å². The maximum Gasteiger partial charge on any atom is 0.422 e. The molecule has 0 spiro atoms. The van der Waals surface area contributed by atoms with Gasteiger partial charge in [-0.2, -0.15) is 23.5 Å². The van der Waals surface area contributed by atoms with Crippen LogP contribution in [0, 0.1) is 17.1 Å². The minimum atomic E-state index is -4.54. The number of aromatic nitrogens is 2. The Morgan fingerprint density at radius 3 is 2.62 bits per heavy atom. The third-order valence-electron chi connectivity index (χ3n) is 4.97. The van der Waals surface area contributed by atoms with Crippen molar-refractivity contribution >= 4 is 11.6 Å². The number of anilines is 1. The lowest BCUT2D eigenvalue weighted by Crippen LogP contribution is -2.19. The molecule has 1 N–H and O–H groups in total. The molecule has 1 amide bonds. The fraction of sp³-hybridized carbons (Fsp3) is 0.227. The molecule has 1 heterocycles. The van der Waals surface area contributed by atoms with Crippen LogP contribution in [0.15, 0.2) is 42.5 Å². The van der Waals surface area contributed by atoms with Crippen molar-refractivity contribution < 1.29 is 27.1 Å². The highest BCUT2D eigenvalue weighted by atomic mass is 19.4. The van der Waals surface area contributed by atoms with E-state index in [-0.39, 0.29) is 28.5 Å². The molecule has 0 atom stereocenters. The molecule has 10 heteroatoms. The molecule has 6 nitrogen and oxygen atoms in total. The molecule has 164 valence electrons. The van der Waals surface area contributed by atoms with Gasteiger partial charge in [0.2, 0.25) is 0 Å². The van der Waals surface area contributed by atoms with Gasteiger partial charge in [-0.05, 0) is 61.7 Å². The van der Waals surface area contributed by atoms with Gasteiger partial charge < -0.3 is 10.1 Å². The minimum Gasteiger partial charge on any atom is -0.483 e. The van der Waals surface area contributed by atoms with Gasteiger partial charge in [0.05, 0.1) is 11.3 Å². The van der Waals surface area contributed by atoms with Crippen molar-refractivity contribution in [3.63, 3.8) is 0 Å². The summed E-state index contributed by atoms with van der Waals surface area (Å²) in [5, 5.41) is 16.3. The Morgan fingerprint density at radius 2 is 1.94 bits per heavy atom. The fourth-order valence-corrected chi connectivity index (χ4v) is 3.59. The van der Waals surface area contributed by atoms with Crippen molar-refractivity contribution in [2.75, 3.05) is 11.9 Å². The predicted octanol–water partition coefficient (Wildman–Crippen LogP) is 4.57. The van der Waals surface area contributed by atoms with E-state index in [0.717, 1.165) is 24.1 Å². The topological polar surface area (TPSA) is 79.9 Å². The lowest BCUT2D eigenvalue weighted by molar-refractivity contribution is -0.153. The SMILES string of the molecule is N#Cc1cc(NC(=O)c2nn(-c3ccc(F)cc3)c3c2CCC3)ccc1OCC(F)(F)F.